The van der Waals surface area contributed by atoms with Crippen molar-refractivity contribution < 1.29 is 0 Å². The summed E-state index contributed by atoms with van der Waals surface area (Å²) < 4.78 is 0. The monoisotopic (exact) mass is 423 g/mol. The van der Waals surface area contributed by atoms with E-state index in [4.69, 9.17) is 5.73 Å². The lowest BCUT2D eigenvalue weighted by molar-refractivity contribution is 0.598. The van der Waals surface area contributed by atoms with Gasteiger partial charge in [-0.1, -0.05) is 99.3 Å². The Hall–Kier alpha value is -1.50. The van der Waals surface area contributed by atoms with Gasteiger partial charge >= 0.3 is 0 Å². The van der Waals surface area contributed by atoms with Crippen LogP contribution in [0, 0.1) is 0 Å². The van der Waals surface area contributed by atoms with E-state index in [9.17, 15) is 0 Å². The summed E-state index contributed by atoms with van der Waals surface area (Å²) in [6.45, 7) is 19.0. The highest BCUT2D eigenvalue weighted by atomic mass is 14.6. The first-order valence-electron chi connectivity index (χ1n) is 13.2. The second-order valence-corrected chi connectivity index (χ2v) is 10.2. The molecule has 0 aliphatic carbocycles. The Labute approximate surface area is 193 Å². The molecule has 0 saturated carbocycles. The normalized spacial score (nSPS) is 15.7. The van der Waals surface area contributed by atoms with E-state index in [0.717, 1.165) is 5.69 Å². The number of nitrogens with two attached hydrogens (primary N) is 1. The van der Waals surface area contributed by atoms with Crippen molar-refractivity contribution in [3.8, 4) is 0 Å². The van der Waals surface area contributed by atoms with Crippen molar-refractivity contribution in [2.75, 3.05) is 5.73 Å². The summed E-state index contributed by atoms with van der Waals surface area (Å²) in [6.07, 6.45) is 9.77. The van der Waals surface area contributed by atoms with Gasteiger partial charge < -0.3 is 5.73 Å². The van der Waals surface area contributed by atoms with Gasteiger partial charge in [-0.15, -0.1) is 0 Å². The molecule has 0 radical (unpaired) electrons. The molecule has 0 aliphatic heterocycles. The number of fused-ring (bicyclic) bond motifs is 1. The summed E-state index contributed by atoms with van der Waals surface area (Å²) in [5.41, 5.74) is 14.3. The van der Waals surface area contributed by atoms with Crippen molar-refractivity contribution in [3.63, 3.8) is 0 Å². The van der Waals surface area contributed by atoms with Gasteiger partial charge in [-0.2, -0.15) is 0 Å². The molecule has 2 N–H and O–H groups in total. The van der Waals surface area contributed by atoms with Crippen LogP contribution in [0.3, 0.4) is 0 Å². The van der Waals surface area contributed by atoms with E-state index in [2.05, 4.69) is 73.6 Å². The van der Waals surface area contributed by atoms with E-state index >= 15 is 0 Å². The lowest BCUT2D eigenvalue weighted by atomic mass is 9.73. The predicted octanol–water partition coefficient (Wildman–Crippen LogP) is 10.0. The van der Waals surface area contributed by atoms with Crippen LogP contribution >= 0.6 is 0 Å². The molecule has 4 atom stereocenters. The Morgan fingerprint density at radius 2 is 1.06 bits per heavy atom. The molecule has 4 unspecified atom stereocenters. The van der Waals surface area contributed by atoms with Crippen molar-refractivity contribution in [2.45, 2.75) is 130 Å². The van der Waals surface area contributed by atoms with E-state index in [1.807, 2.05) is 0 Å². The number of anilines is 1. The minimum Gasteiger partial charge on any atom is -0.398 e. The first kappa shape index (κ1) is 25.8. The number of hydrogen-bond acceptors (Lipinski definition) is 1. The maximum absolute atomic E-state index is 7.07. The van der Waals surface area contributed by atoms with Crippen LogP contribution in [0.25, 0.3) is 10.8 Å². The second kappa shape index (κ2) is 11.9. The topological polar surface area (TPSA) is 26.0 Å². The maximum Gasteiger partial charge on any atom is 0.0432 e. The largest absolute Gasteiger partial charge is 0.398 e. The van der Waals surface area contributed by atoms with Gasteiger partial charge in [-0.25, -0.2) is 0 Å². The fourth-order valence-corrected chi connectivity index (χ4v) is 5.97. The number of nitrogen functional groups attached to an aromatic ring is 1. The molecule has 1 nitrogen and oxygen atoms in total. The third-order valence-electron chi connectivity index (χ3n) is 7.42. The molecule has 0 amide bonds. The highest BCUT2D eigenvalue weighted by Crippen LogP contribution is 2.48. The molecular formula is C30H49N. The van der Waals surface area contributed by atoms with Gasteiger partial charge in [0.1, 0.15) is 0 Å². The van der Waals surface area contributed by atoms with E-state index < -0.39 is 0 Å². The van der Waals surface area contributed by atoms with Crippen LogP contribution in [-0.2, 0) is 0 Å². The van der Waals surface area contributed by atoms with Gasteiger partial charge in [-0.3, -0.25) is 0 Å². The van der Waals surface area contributed by atoms with Crippen molar-refractivity contribution in [2.24, 2.45) is 0 Å². The van der Waals surface area contributed by atoms with Crippen LogP contribution in [0.1, 0.15) is 153 Å². The fourth-order valence-electron chi connectivity index (χ4n) is 5.97. The molecule has 0 bridgehead atoms. The number of benzene rings is 2. The Morgan fingerprint density at radius 3 is 1.58 bits per heavy atom. The van der Waals surface area contributed by atoms with E-state index in [-0.39, 0.29) is 0 Å². The lowest BCUT2D eigenvalue weighted by Crippen LogP contribution is -2.15. The van der Waals surface area contributed by atoms with Crippen LogP contribution in [0.15, 0.2) is 18.2 Å². The Kier molecular flexibility index (Phi) is 9.91. The molecular weight excluding hydrogens is 374 g/mol. The molecule has 0 saturated heterocycles. The van der Waals surface area contributed by atoms with Crippen molar-refractivity contribution in [3.05, 3.63) is 40.5 Å². The summed E-state index contributed by atoms with van der Waals surface area (Å²) in [6, 6.07) is 6.93. The minimum absolute atomic E-state index is 0.507. The second-order valence-electron chi connectivity index (χ2n) is 10.2. The first-order valence-corrected chi connectivity index (χ1v) is 13.2. The average molecular weight is 424 g/mol. The third-order valence-corrected chi connectivity index (χ3v) is 7.42. The van der Waals surface area contributed by atoms with Crippen molar-refractivity contribution in [1.29, 1.82) is 0 Å². The zero-order chi connectivity index (χ0) is 23.1. The number of hydrogen-bond donors (Lipinski definition) is 1. The maximum atomic E-state index is 7.07. The average Bonchev–Trinajstić information content (AvgIpc) is 2.73. The van der Waals surface area contributed by atoms with E-state index in [1.165, 1.54) is 73.3 Å². The molecule has 0 spiro atoms. The first-order chi connectivity index (χ1) is 14.8. The summed E-state index contributed by atoms with van der Waals surface area (Å²) in [4.78, 5) is 0. The molecule has 2 aromatic carbocycles. The van der Waals surface area contributed by atoms with Crippen LogP contribution in [0.5, 0.6) is 0 Å². The molecule has 1 heteroatoms. The highest BCUT2D eigenvalue weighted by Gasteiger charge is 2.28. The smallest absolute Gasteiger partial charge is 0.0432 e. The quantitative estimate of drug-likeness (QED) is 0.338. The molecule has 31 heavy (non-hydrogen) atoms. The van der Waals surface area contributed by atoms with Crippen LogP contribution in [0.4, 0.5) is 5.69 Å². The van der Waals surface area contributed by atoms with Gasteiger partial charge in [0.2, 0.25) is 0 Å². The Morgan fingerprint density at radius 1 is 0.613 bits per heavy atom. The molecule has 174 valence electrons. The summed E-state index contributed by atoms with van der Waals surface area (Å²) in [7, 11) is 0. The molecule has 2 aromatic rings. The highest BCUT2D eigenvalue weighted by molar-refractivity contribution is 6.01. The summed E-state index contributed by atoms with van der Waals surface area (Å²) in [5.74, 6) is 2.18. The van der Waals surface area contributed by atoms with Gasteiger partial charge in [0.15, 0.2) is 0 Å². The molecule has 2 rings (SSSR count). The van der Waals surface area contributed by atoms with Gasteiger partial charge in [0, 0.05) is 11.1 Å². The van der Waals surface area contributed by atoms with Crippen LogP contribution in [0.2, 0.25) is 0 Å². The van der Waals surface area contributed by atoms with E-state index in [0.29, 0.717) is 23.7 Å². The van der Waals surface area contributed by atoms with Crippen LogP contribution in [-0.4, -0.2) is 0 Å². The molecule has 0 aliphatic rings. The van der Waals surface area contributed by atoms with Gasteiger partial charge in [0.05, 0.1) is 0 Å². The number of rotatable bonds is 12. The zero-order valence-corrected chi connectivity index (χ0v) is 21.8. The van der Waals surface area contributed by atoms with Crippen LogP contribution < -0.4 is 5.73 Å². The van der Waals surface area contributed by atoms with Gasteiger partial charge in [-0.05, 0) is 77.0 Å². The third kappa shape index (κ3) is 5.47. The van der Waals surface area contributed by atoms with Crippen molar-refractivity contribution in [1.82, 2.24) is 0 Å². The summed E-state index contributed by atoms with van der Waals surface area (Å²) in [5, 5.41) is 2.80. The van der Waals surface area contributed by atoms with Crippen molar-refractivity contribution >= 4 is 16.5 Å². The van der Waals surface area contributed by atoms with E-state index in [1.54, 1.807) is 11.1 Å². The standard InChI is InChI=1S/C30H49N/c1-9-14-20(5)24-18-13-19-25-29(24)27(22(7)16-11-3)26(21(6)15-10-2)28(30(25)31)23(8)17-12-4/h13,18-23H,9-12,14-17,31H2,1-8H3. The molecule has 0 fully saturated rings. The van der Waals surface area contributed by atoms with Gasteiger partial charge in [0.25, 0.3) is 0 Å². The SMILES string of the molecule is CCCC(C)c1c(C(C)CCC)c(C(C)CCC)c2c(C(C)CCC)cccc2c1N. The molecule has 0 heterocycles. The Balaban J connectivity index is 3.03. The predicted molar refractivity (Wildman–Crippen MR) is 142 cm³/mol. The molecule has 0 aromatic heterocycles. The fraction of sp³-hybridized carbons (Fsp3) is 0.667. The summed E-state index contributed by atoms with van der Waals surface area (Å²) >= 11 is 0. The minimum atomic E-state index is 0.507. The Bertz CT molecular complexity index is 834. The lowest BCUT2D eigenvalue weighted by Gasteiger charge is -2.32. The zero-order valence-electron chi connectivity index (χ0n) is 21.8.